The van der Waals surface area contributed by atoms with Gasteiger partial charge < -0.3 is 21.5 Å². The van der Waals surface area contributed by atoms with E-state index in [1.807, 2.05) is 13.8 Å². The first kappa shape index (κ1) is 16.2. The first-order chi connectivity index (χ1) is 8.32. The second-order valence-electron chi connectivity index (χ2n) is 4.48. The standard InChI is InChI=1S/C11H21N3O4/c1-7(2)6-8(14-11(12)18)10(17)13-5-3-4-9(15)16/h7-8H,3-6H2,1-2H3,(H,13,17)(H,15,16)(H3,12,14,18). The van der Waals surface area contributed by atoms with Crippen LogP contribution >= 0.6 is 0 Å². The molecule has 0 aromatic rings. The Kier molecular flexibility index (Phi) is 7.50. The summed E-state index contributed by atoms with van der Waals surface area (Å²) >= 11 is 0. The van der Waals surface area contributed by atoms with Crippen LogP contribution < -0.4 is 16.4 Å². The number of aliphatic carboxylic acids is 1. The topological polar surface area (TPSA) is 122 Å². The second-order valence-corrected chi connectivity index (χ2v) is 4.48. The Bertz CT molecular complexity index is 305. The fourth-order valence-electron chi connectivity index (χ4n) is 1.45. The van der Waals surface area contributed by atoms with Crippen LogP contribution in [0.2, 0.25) is 0 Å². The van der Waals surface area contributed by atoms with Gasteiger partial charge in [0.05, 0.1) is 0 Å². The van der Waals surface area contributed by atoms with Crippen molar-refractivity contribution < 1.29 is 19.5 Å². The maximum absolute atomic E-state index is 11.7. The van der Waals surface area contributed by atoms with Gasteiger partial charge in [-0.2, -0.15) is 0 Å². The van der Waals surface area contributed by atoms with Gasteiger partial charge in [0.1, 0.15) is 6.04 Å². The van der Waals surface area contributed by atoms with E-state index in [1.165, 1.54) is 0 Å². The van der Waals surface area contributed by atoms with Crippen LogP contribution in [0.3, 0.4) is 0 Å². The highest BCUT2D eigenvalue weighted by atomic mass is 16.4. The molecular weight excluding hydrogens is 238 g/mol. The van der Waals surface area contributed by atoms with E-state index in [9.17, 15) is 14.4 Å². The molecule has 0 aliphatic rings. The number of nitrogens with one attached hydrogen (secondary N) is 2. The summed E-state index contributed by atoms with van der Waals surface area (Å²) in [6, 6.07) is -1.42. The van der Waals surface area contributed by atoms with Crippen LogP contribution in [0.15, 0.2) is 0 Å². The van der Waals surface area contributed by atoms with E-state index in [0.717, 1.165) is 0 Å². The highest BCUT2D eigenvalue weighted by Crippen LogP contribution is 2.04. The third-order valence-corrected chi connectivity index (χ3v) is 2.21. The van der Waals surface area contributed by atoms with E-state index < -0.39 is 18.0 Å². The van der Waals surface area contributed by atoms with Crippen molar-refractivity contribution in [2.75, 3.05) is 6.54 Å². The van der Waals surface area contributed by atoms with Gasteiger partial charge >= 0.3 is 12.0 Å². The maximum atomic E-state index is 11.7. The molecule has 0 spiro atoms. The average Bonchev–Trinajstić information content (AvgIpc) is 2.21. The Balaban J connectivity index is 4.12. The van der Waals surface area contributed by atoms with Crippen molar-refractivity contribution in [2.45, 2.75) is 39.2 Å². The van der Waals surface area contributed by atoms with Crippen LogP contribution in [-0.4, -0.2) is 35.6 Å². The number of carbonyl (C=O) groups is 3. The van der Waals surface area contributed by atoms with Crippen molar-refractivity contribution in [3.05, 3.63) is 0 Å². The van der Waals surface area contributed by atoms with Gasteiger partial charge in [-0.25, -0.2) is 4.79 Å². The molecule has 18 heavy (non-hydrogen) atoms. The van der Waals surface area contributed by atoms with Crippen LogP contribution in [0.5, 0.6) is 0 Å². The summed E-state index contributed by atoms with van der Waals surface area (Å²) < 4.78 is 0. The minimum absolute atomic E-state index is 0.00161. The van der Waals surface area contributed by atoms with Crippen molar-refractivity contribution in [1.29, 1.82) is 0 Å². The Morgan fingerprint density at radius 1 is 1.28 bits per heavy atom. The average molecular weight is 259 g/mol. The molecule has 7 heteroatoms. The molecule has 0 saturated carbocycles. The third kappa shape index (κ3) is 8.37. The molecule has 0 aliphatic carbocycles. The SMILES string of the molecule is CC(C)CC(NC(N)=O)C(=O)NCCCC(=O)O. The van der Waals surface area contributed by atoms with Crippen molar-refractivity contribution in [2.24, 2.45) is 11.7 Å². The van der Waals surface area contributed by atoms with Crippen molar-refractivity contribution in [3.8, 4) is 0 Å². The first-order valence-corrected chi connectivity index (χ1v) is 5.88. The molecule has 1 atom stereocenters. The minimum atomic E-state index is -0.904. The first-order valence-electron chi connectivity index (χ1n) is 5.88. The maximum Gasteiger partial charge on any atom is 0.312 e. The van der Waals surface area contributed by atoms with Crippen LogP contribution in [0.25, 0.3) is 0 Å². The van der Waals surface area contributed by atoms with Gasteiger partial charge in [0, 0.05) is 13.0 Å². The van der Waals surface area contributed by atoms with Crippen molar-refractivity contribution >= 4 is 17.9 Å². The summed E-state index contributed by atoms with van der Waals surface area (Å²) in [5.41, 5.74) is 4.99. The quantitative estimate of drug-likeness (QED) is 0.460. The molecule has 104 valence electrons. The van der Waals surface area contributed by atoms with Crippen molar-refractivity contribution in [1.82, 2.24) is 10.6 Å². The lowest BCUT2D eigenvalue weighted by Crippen LogP contribution is -2.49. The number of carbonyl (C=O) groups excluding carboxylic acids is 2. The van der Waals surface area contributed by atoms with Gasteiger partial charge in [0.25, 0.3) is 0 Å². The molecule has 0 aromatic carbocycles. The molecule has 3 amide bonds. The number of hydrogen-bond donors (Lipinski definition) is 4. The summed E-state index contributed by atoms with van der Waals surface area (Å²) in [6.45, 7) is 4.11. The van der Waals surface area contributed by atoms with Gasteiger partial charge in [-0.3, -0.25) is 9.59 Å². The number of carboxylic acids is 1. The molecule has 0 aliphatic heterocycles. The Labute approximate surface area is 106 Å². The van der Waals surface area contributed by atoms with E-state index in [2.05, 4.69) is 10.6 Å². The van der Waals surface area contributed by atoms with Gasteiger partial charge in [0.2, 0.25) is 5.91 Å². The number of primary amides is 1. The number of hydrogen-bond acceptors (Lipinski definition) is 3. The zero-order valence-electron chi connectivity index (χ0n) is 10.7. The minimum Gasteiger partial charge on any atom is -0.481 e. The molecule has 0 rings (SSSR count). The molecule has 0 radical (unpaired) electrons. The zero-order valence-corrected chi connectivity index (χ0v) is 10.7. The van der Waals surface area contributed by atoms with Crippen LogP contribution in [0.1, 0.15) is 33.1 Å². The Morgan fingerprint density at radius 2 is 1.89 bits per heavy atom. The van der Waals surface area contributed by atoms with Gasteiger partial charge in [0.15, 0.2) is 0 Å². The van der Waals surface area contributed by atoms with E-state index in [-0.39, 0.29) is 24.8 Å². The van der Waals surface area contributed by atoms with E-state index in [1.54, 1.807) is 0 Å². The van der Waals surface area contributed by atoms with E-state index in [4.69, 9.17) is 10.8 Å². The van der Waals surface area contributed by atoms with Crippen LogP contribution in [-0.2, 0) is 9.59 Å². The number of urea groups is 1. The lowest BCUT2D eigenvalue weighted by atomic mass is 10.0. The van der Waals surface area contributed by atoms with Gasteiger partial charge in [-0.1, -0.05) is 13.8 Å². The van der Waals surface area contributed by atoms with E-state index >= 15 is 0 Å². The van der Waals surface area contributed by atoms with Gasteiger partial charge in [-0.15, -0.1) is 0 Å². The summed E-state index contributed by atoms with van der Waals surface area (Å²) in [7, 11) is 0. The molecule has 0 aromatic heterocycles. The predicted molar refractivity (Wildman–Crippen MR) is 65.8 cm³/mol. The number of nitrogens with two attached hydrogens (primary N) is 1. The second kappa shape index (κ2) is 8.32. The smallest absolute Gasteiger partial charge is 0.312 e. The predicted octanol–water partition coefficient (Wildman–Crippen LogP) is 0.0504. The molecule has 0 heterocycles. The number of carboxylic acid groups (broad SMARTS) is 1. The molecule has 5 N–H and O–H groups in total. The fourth-order valence-corrected chi connectivity index (χ4v) is 1.45. The summed E-state index contributed by atoms with van der Waals surface area (Å²) in [5, 5.41) is 13.4. The van der Waals surface area contributed by atoms with Crippen LogP contribution in [0, 0.1) is 5.92 Å². The zero-order chi connectivity index (χ0) is 14.1. The monoisotopic (exact) mass is 259 g/mol. The summed E-state index contributed by atoms with van der Waals surface area (Å²) in [5.74, 6) is -1.02. The summed E-state index contributed by atoms with van der Waals surface area (Å²) in [6.07, 6.45) is 0.831. The lowest BCUT2D eigenvalue weighted by Gasteiger charge is -2.18. The third-order valence-electron chi connectivity index (χ3n) is 2.21. The molecule has 0 bridgehead atoms. The number of rotatable bonds is 8. The van der Waals surface area contributed by atoms with E-state index in [0.29, 0.717) is 12.8 Å². The summed E-state index contributed by atoms with van der Waals surface area (Å²) in [4.78, 5) is 32.8. The van der Waals surface area contributed by atoms with Crippen molar-refractivity contribution in [3.63, 3.8) is 0 Å². The lowest BCUT2D eigenvalue weighted by molar-refractivity contribution is -0.137. The van der Waals surface area contributed by atoms with Gasteiger partial charge in [-0.05, 0) is 18.8 Å². The Hall–Kier alpha value is -1.79. The molecular formula is C11H21N3O4. The Morgan fingerprint density at radius 3 is 2.33 bits per heavy atom. The molecule has 0 saturated heterocycles. The highest BCUT2D eigenvalue weighted by molar-refractivity contribution is 5.86. The number of amides is 3. The largest absolute Gasteiger partial charge is 0.481 e. The van der Waals surface area contributed by atoms with Crippen LogP contribution in [0.4, 0.5) is 4.79 Å². The molecule has 7 nitrogen and oxygen atoms in total. The highest BCUT2D eigenvalue weighted by Gasteiger charge is 2.20. The fraction of sp³-hybridized carbons (Fsp3) is 0.727. The molecule has 0 fully saturated rings. The molecule has 1 unspecified atom stereocenters. The normalized spacial score (nSPS) is 11.9.